The van der Waals surface area contributed by atoms with Crippen molar-refractivity contribution in [3.8, 4) is 5.75 Å². The maximum atomic E-state index is 12.8. The number of hydrogen-bond acceptors (Lipinski definition) is 6. The van der Waals surface area contributed by atoms with E-state index in [4.69, 9.17) is 9.47 Å². The van der Waals surface area contributed by atoms with Gasteiger partial charge in [-0.2, -0.15) is 0 Å². The monoisotopic (exact) mass is 387 g/mol. The lowest BCUT2D eigenvalue weighted by atomic mass is 10.0. The Kier molecular flexibility index (Phi) is 4.65. The molecule has 0 saturated carbocycles. The van der Waals surface area contributed by atoms with Crippen molar-refractivity contribution in [2.75, 3.05) is 25.6 Å². The summed E-state index contributed by atoms with van der Waals surface area (Å²) in [5.74, 6) is 0.621. The van der Waals surface area contributed by atoms with Crippen molar-refractivity contribution in [3.05, 3.63) is 45.8 Å². The molecule has 1 aromatic heterocycles. The summed E-state index contributed by atoms with van der Waals surface area (Å²) in [6.45, 7) is 3.18. The number of benzene rings is 1. The lowest BCUT2D eigenvalue weighted by Gasteiger charge is -2.28. The van der Waals surface area contributed by atoms with Crippen LogP contribution in [0.15, 0.2) is 24.3 Å². The van der Waals surface area contributed by atoms with Gasteiger partial charge in [-0.05, 0) is 25.0 Å². The topological polar surface area (TPSA) is 79.9 Å². The summed E-state index contributed by atoms with van der Waals surface area (Å²) in [4.78, 5) is 27.6. The molecule has 0 fully saturated rings. The molecule has 2 aliphatic rings. The number of carbonyl (C=O) groups is 2. The molecule has 8 heteroatoms. The van der Waals surface area contributed by atoms with Gasteiger partial charge in [0.05, 0.1) is 25.8 Å². The highest BCUT2D eigenvalue weighted by Crippen LogP contribution is 2.41. The second-order valence-electron chi connectivity index (χ2n) is 6.37. The van der Waals surface area contributed by atoms with Crippen LogP contribution in [0.5, 0.6) is 5.75 Å². The van der Waals surface area contributed by atoms with Gasteiger partial charge in [0.1, 0.15) is 16.9 Å². The van der Waals surface area contributed by atoms with Crippen molar-refractivity contribution in [1.29, 1.82) is 0 Å². The van der Waals surface area contributed by atoms with Crippen LogP contribution < -0.4 is 15.4 Å². The number of para-hydroxylation sites is 1. The quantitative estimate of drug-likeness (QED) is 0.846. The van der Waals surface area contributed by atoms with Crippen molar-refractivity contribution in [2.45, 2.75) is 26.1 Å². The Hall–Kier alpha value is -2.74. The fraction of sp³-hybridized carbons (Fsp3) is 0.368. The molecule has 0 saturated heterocycles. The van der Waals surface area contributed by atoms with Gasteiger partial charge in [0.25, 0.3) is 5.91 Å². The lowest BCUT2D eigenvalue weighted by molar-refractivity contribution is 0.0933. The molecule has 4 rings (SSSR count). The molecule has 0 spiro atoms. The van der Waals surface area contributed by atoms with Gasteiger partial charge in [-0.3, -0.25) is 4.79 Å². The first-order valence-corrected chi connectivity index (χ1v) is 9.70. The number of amides is 2. The fourth-order valence-electron chi connectivity index (χ4n) is 3.55. The smallest absolute Gasteiger partial charge is 0.410 e. The van der Waals surface area contributed by atoms with E-state index in [2.05, 4.69) is 10.6 Å². The molecular formula is C19H21N3O4S. The minimum absolute atomic E-state index is 0.0956. The third-order valence-electron chi connectivity index (χ3n) is 4.81. The normalized spacial score (nSPS) is 18.1. The summed E-state index contributed by atoms with van der Waals surface area (Å²) in [6.07, 6.45) is -0.0183. The zero-order chi connectivity index (χ0) is 19.0. The number of hydrogen-bond donors (Lipinski definition) is 2. The molecule has 0 radical (unpaired) electrons. The molecule has 0 aliphatic carbocycles. The maximum Gasteiger partial charge on any atom is 0.410 e. The zero-order valence-electron chi connectivity index (χ0n) is 15.2. The highest BCUT2D eigenvalue weighted by molar-refractivity contribution is 7.16. The van der Waals surface area contributed by atoms with E-state index in [1.165, 1.54) is 11.3 Å². The highest BCUT2D eigenvalue weighted by atomic mass is 32.1. The molecule has 0 bridgehead atoms. The zero-order valence-corrected chi connectivity index (χ0v) is 16.0. The number of nitrogens with zero attached hydrogens (tertiary/aromatic N) is 1. The van der Waals surface area contributed by atoms with Gasteiger partial charge in [0.2, 0.25) is 0 Å². The summed E-state index contributed by atoms with van der Waals surface area (Å²) in [5, 5.41) is 7.28. The van der Waals surface area contributed by atoms with Gasteiger partial charge in [-0.15, -0.1) is 11.3 Å². The molecule has 7 nitrogen and oxygen atoms in total. The average Bonchev–Trinajstić information content (AvgIpc) is 3.06. The number of carbonyl (C=O) groups excluding carboxylic acids is 2. The van der Waals surface area contributed by atoms with Crippen LogP contribution in [0.3, 0.4) is 0 Å². The number of fused-ring (bicyclic) bond motifs is 3. The van der Waals surface area contributed by atoms with Crippen molar-refractivity contribution >= 4 is 28.3 Å². The third kappa shape index (κ3) is 3.10. The molecule has 142 valence electrons. The van der Waals surface area contributed by atoms with Crippen LogP contribution in [-0.2, 0) is 17.7 Å². The summed E-state index contributed by atoms with van der Waals surface area (Å²) < 4.78 is 10.5. The number of ether oxygens (including phenoxy) is 2. The first-order chi connectivity index (χ1) is 13.1. The minimum Gasteiger partial charge on any atom is -0.496 e. The Labute approximate surface area is 161 Å². The molecule has 2 aromatic rings. The summed E-state index contributed by atoms with van der Waals surface area (Å²) >= 11 is 1.53. The Morgan fingerprint density at radius 3 is 2.93 bits per heavy atom. The van der Waals surface area contributed by atoms with E-state index in [1.807, 2.05) is 24.3 Å². The van der Waals surface area contributed by atoms with Gasteiger partial charge >= 0.3 is 6.09 Å². The molecule has 2 N–H and O–H groups in total. The summed E-state index contributed by atoms with van der Waals surface area (Å²) in [6, 6.07) is 7.61. The van der Waals surface area contributed by atoms with Crippen LogP contribution in [0.1, 0.15) is 39.5 Å². The van der Waals surface area contributed by atoms with Gasteiger partial charge < -0.3 is 25.0 Å². The minimum atomic E-state index is -0.359. The highest BCUT2D eigenvalue weighted by Gasteiger charge is 2.35. The summed E-state index contributed by atoms with van der Waals surface area (Å²) in [5.41, 5.74) is 2.60. The van der Waals surface area contributed by atoms with E-state index in [9.17, 15) is 9.59 Å². The van der Waals surface area contributed by atoms with Crippen LogP contribution in [0.4, 0.5) is 9.80 Å². The van der Waals surface area contributed by atoms with E-state index in [1.54, 1.807) is 18.9 Å². The predicted molar refractivity (Wildman–Crippen MR) is 102 cm³/mol. The molecule has 27 heavy (non-hydrogen) atoms. The van der Waals surface area contributed by atoms with E-state index in [-0.39, 0.29) is 18.2 Å². The number of methoxy groups -OCH3 is 1. The lowest BCUT2D eigenvalue weighted by Crippen LogP contribution is -2.39. The van der Waals surface area contributed by atoms with E-state index >= 15 is 0 Å². The number of anilines is 1. The largest absolute Gasteiger partial charge is 0.496 e. The number of thiophene rings is 1. The maximum absolute atomic E-state index is 12.8. The number of rotatable bonds is 3. The standard InChI is InChI=1S/C19H21N3O4S/c1-3-26-19(24)22-9-8-12-14(10-22)27-18-15(12)17(23)20-16(21-18)11-6-4-5-7-13(11)25-2/h4-7,16,21H,3,8-10H2,1-2H3,(H,20,23)/t16-/m1/s1. The van der Waals surface area contributed by atoms with Crippen molar-refractivity contribution < 1.29 is 19.1 Å². The van der Waals surface area contributed by atoms with Crippen LogP contribution in [0, 0.1) is 0 Å². The van der Waals surface area contributed by atoms with Gasteiger partial charge in [0, 0.05) is 17.0 Å². The first kappa shape index (κ1) is 17.7. The van der Waals surface area contributed by atoms with Crippen LogP contribution in [0.25, 0.3) is 0 Å². The Morgan fingerprint density at radius 1 is 1.33 bits per heavy atom. The predicted octanol–water partition coefficient (Wildman–Crippen LogP) is 3.13. The number of nitrogens with one attached hydrogen (secondary N) is 2. The first-order valence-electron chi connectivity index (χ1n) is 8.89. The second-order valence-corrected chi connectivity index (χ2v) is 7.48. The van der Waals surface area contributed by atoms with Crippen molar-refractivity contribution in [3.63, 3.8) is 0 Å². The molecule has 3 heterocycles. The van der Waals surface area contributed by atoms with Gasteiger partial charge in [-0.1, -0.05) is 18.2 Å². The fourth-order valence-corrected chi connectivity index (χ4v) is 4.84. The van der Waals surface area contributed by atoms with E-state index in [0.29, 0.717) is 37.4 Å². The molecule has 1 aromatic carbocycles. The van der Waals surface area contributed by atoms with Crippen LogP contribution in [-0.4, -0.2) is 37.2 Å². The van der Waals surface area contributed by atoms with E-state index in [0.717, 1.165) is 21.0 Å². The van der Waals surface area contributed by atoms with Crippen molar-refractivity contribution in [2.24, 2.45) is 0 Å². The molecular weight excluding hydrogens is 366 g/mol. The third-order valence-corrected chi connectivity index (χ3v) is 5.96. The Morgan fingerprint density at radius 2 is 2.15 bits per heavy atom. The van der Waals surface area contributed by atoms with Crippen LogP contribution >= 0.6 is 11.3 Å². The molecule has 0 unspecified atom stereocenters. The summed E-state index contributed by atoms with van der Waals surface area (Å²) in [7, 11) is 1.61. The Balaban J connectivity index is 1.62. The average molecular weight is 387 g/mol. The van der Waals surface area contributed by atoms with Gasteiger partial charge in [-0.25, -0.2) is 4.79 Å². The molecule has 1 atom stereocenters. The molecule has 2 aliphatic heterocycles. The SMILES string of the molecule is CCOC(=O)N1CCc2c(sc3c2C(=O)N[C@@H](c2ccccc2OC)N3)C1. The van der Waals surface area contributed by atoms with Crippen LogP contribution in [0.2, 0.25) is 0 Å². The van der Waals surface area contributed by atoms with E-state index < -0.39 is 0 Å². The Bertz CT molecular complexity index is 895. The molecule has 2 amide bonds. The van der Waals surface area contributed by atoms with Gasteiger partial charge in [0.15, 0.2) is 0 Å². The second kappa shape index (κ2) is 7.11. The van der Waals surface area contributed by atoms with Crippen molar-refractivity contribution in [1.82, 2.24) is 10.2 Å².